The predicted octanol–water partition coefficient (Wildman–Crippen LogP) is -3.64. The van der Waals surface area contributed by atoms with E-state index < -0.39 is 11.8 Å². The van der Waals surface area contributed by atoms with E-state index in [0.29, 0.717) is 32.6 Å². The molecule has 0 aliphatic carbocycles. The Kier molecular flexibility index (Phi) is 10.6. The van der Waals surface area contributed by atoms with Gasteiger partial charge in [-0.25, -0.2) is 0 Å². The molecule has 0 saturated carbocycles. The number of amides is 2. The Morgan fingerprint density at radius 2 is 1.77 bits per heavy atom. The molecule has 0 heterocycles. The van der Waals surface area contributed by atoms with Gasteiger partial charge >= 0.3 is 0 Å². The van der Waals surface area contributed by atoms with E-state index in [2.05, 4.69) is 21.3 Å². The second-order valence-electron chi connectivity index (χ2n) is 5.06. The van der Waals surface area contributed by atoms with Crippen LogP contribution in [-0.2, 0) is 9.59 Å². The fourth-order valence-corrected chi connectivity index (χ4v) is 1.69. The highest BCUT2D eigenvalue weighted by atomic mass is 16.2. The summed E-state index contributed by atoms with van der Waals surface area (Å²) in [5.74, 6) is -2.00. The fraction of sp³-hybridized carbons (Fsp3) is 0.833. The molecule has 0 spiro atoms. The van der Waals surface area contributed by atoms with Crippen LogP contribution in [0.15, 0.2) is 0 Å². The first-order valence-corrected chi connectivity index (χ1v) is 7.36. The van der Waals surface area contributed by atoms with Crippen molar-refractivity contribution < 1.29 is 9.59 Å². The molecule has 2 atom stereocenters. The van der Waals surface area contributed by atoms with Crippen LogP contribution in [0.25, 0.3) is 0 Å². The number of primary amides is 1. The van der Waals surface area contributed by atoms with Crippen LogP contribution in [0.2, 0.25) is 0 Å². The van der Waals surface area contributed by atoms with Gasteiger partial charge in [0.2, 0.25) is 17.7 Å². The lowest BCUT2D eigenvalue weighted by atomic mass is 10.2. The van der Waals surface area contributed by atoms with Crippen LogP contribution >= 0.6 is 0 Å². The number of hydrogen-bond donors (Lipinski definition) is 8. The van der Waals surface area contributed by atoms with E-state index in [1.54, 1.807) is 0 Å². The largest absolute Gasteiger partial charge is 0.370 e. The molecule has 10 heteroatoms. The Labute approximate surface area is 131 Å². The zero-order valence-corrected chi connectivity index (χ0v) is 13.2. The van der Waals surface area contributed by atoms with E-state index in [1.807, 2.05) is 6.92 Å². The first-order valence-electron chi connectivity index (χ1n) is 7.36. The molecular formula is C12H30N8O2. The first kappa shape index (κ1) is 20.7. The highest BCUT2D eigenvalue weighted by Gasteiger charge is 2.25. The van der Waals surface area contributed by atoms with Gasteiger partial charge in [-0.1, -0.05) is 0 Å². The second kappa shape index (κ2) is 11.3. The molecule has 0 bridgehead atoms. The van der Waals surface area contributed by atoms with Crippen LogP contribution in [-0.4, -0.2) is 50.1 Å². The van der Waals surface area contributed by atoms with Crippen molar-refractivity contribution in [2.45, 2.75) is 38.3 Å². The maximum absolute atomic E-state index is 11.9. The summed E-state index contributed by atoms with van der Waals surface area (Å²) in [6.45, 7) is 3.68. The average Bonchev–Trinajstić information content (AvgIpc) is 2.41. The van der Waals surface area contributed by atoms with E-state index in [4.69, 9.17) is 22.9 Å². The summed E-state index contributed by atoms with van der Waals surface area (Å²) in [5, 5.41) is 11.6. The Morgan fingerprint density at radius 1 is 1.14 bits per heavy atom. The van der Waals surface area contributed by atoms with Gasteiger partial charge in [0, 0.05) is 39.0 Å². The topological polar surface area (TPSA) is 186 Å². The highest BCUT2D eigenvalue weighted by molar-refractivity contribution is 5.78. The van der Waals surface area contributed by atoms with Crippen LogP contribution in [0.1, 0.15) is 26.2 Å². The first-order chi connectivity index (χ1) is 10.3. The molecule has 12 N–H and O–H groups in total. The molecular weight excluding hydrogens is 288 g/mol. The Bertz CT molecular complexity index is 339. The molecule has 22 heavy (non-hydrogen) atoms. The van der Waals surface area contributed by atoms with Crippen molar-refractivity contribution in [3.63, 3.8) is 0 Å². The molecule has 0 aromatic rings. The molecule has 2 amide bonds. The van der Waals surface area contributed by atoms with Crippen LogP contribution in [0.5, 0.6) is 0 Å². The van der Waals surface area contributed by atoms with E-state index >= 15 is 0 Å². The van der Waals surface area contributed by atoms with Gasteiger partial charge in [0.15, 0.2) is 0 Å². The van der Waals surface area contributed by atoms with Gasteiger partial charge in [-0.3, -0.25) is 26.0 Å². The standard InChI is InChI=1S/C12H30N8O2/c1-9(14)17-7-8-19-12(16,18-6-5-13)20-11(22)4-2-3-10(15)21/h9,17-19H,2-8,13-14,16H2,1H3,(H2,15,21)(H,20,22)/t9?,12-/m1/s1. The summed E-state index contributed by atoms with van der Waals surface area (Å²) >= 11 is 0. The minimum atomic E-state index is -1.28. The van der Waals surface area contributed by atoms with Crippen molar-refractivity contribution in [2.24, 2.45) is 22.9 Å². The molecule has 0 saturated heterocycles. The molecule has 1 unspecified atom stereocenters. The van der Waals surface area contributed by atoms with Crippen molar-refractivity contribution in [3.05, 3.63) is 0 Å². The molecule has 0 aliphatic rings. The Hall–Kier alpha value is -1.30. The molecule has 0 aliphatic heterocycles. The SMILES string of the molecule is CC(N)NCCN[C@@](N)(NCCN)NC(=O)CCCC(N)=O. The lowest BCUT2D eigenvalue weighted by Crippen LogP contribution is -2.75. The maximum Gasteiger partial charge on any atom is 0.223 e. The molecule has 0 fully saturated rings. The fourth-order valence-electron chi connectivity index (χ4n) is 1.69. The molecule has 10 nitrogen and oxygen atoms in total. The third kappa shape index (κ3) is 11.4. The van der Waals surface area contributed by atoms with Crippen LogP contribution < -0.4 is 44.2 Å². The molecule has 130 valence electrons. The number of nitrogens with one attached hydrogen (secondary N) is 4. The van der Waals surface area contributed by atoms with E-state index in [1.165, 1.54) is 0 Å². The van der Waals surface area contributed by atoms with Crippen molar-refractivity contribution in [1.82, 2.24) is 21.3 Å². The average molecular weight is 318 g/mol. The summed E-state index contributed by atoms with van der Waals surface area (Å²) in [6, 6.07) is 0. The number of nitrogens with two attached hydrogens (primary N) is 4. The van der Waals surface area contributed by atoms with Crippen molar-refractivity contribution in [2.75, 3.05) is 26.2 Å². The van der Waals surface area contributed by atoms with E-state index in [9.17, 15) is 9.59 Å². The van der Waals surface area contributed by atoms with Gasteiger partial charge < -0.3 is 27.8 Å². The molecule has 0 radical (unpaired) electrons. The minimum Gasteiger partial charge on any atom is -0.370 e. The summed E-state index contributed by atoms with van der Waals surface area (Å²) in [7, 11) is 0. The normalized spacial score (nSPS) is 15.1. The summed E-state index contributed by atoms with van der Waals surface area (Å²) < 4.78 is 0. The zero-order valence-electron chi connectivity index (χ0n) is 13.2. The summed E-state index contributed by atoms with van der Waals surface area (Å²) in [5.41, 5.74) is 22.1. The monoisotopic (exact) mass is 318 g/mol. The van der Waals surface area contributed by atoms with Gasteiger partial charge in [-0.05, 0) is 13.3 Å². The highest BCUT2D eigenvalue weighted by Crippen LogP contribution is 1.96. The van der Waals surface area contributed by atoms with Crippen molar-refractivity contribution >= 4 is 11.8 Å². The third-order valence-corrected chi connectivity index (χ3v) is 2.71. The summed E-state index contributed by atoms with van der Waals surface area (Å²) in [4.78, 5) is 22.5. The van der Waals surface area contributed by atoms with Gasteiger partial charge in [0.1, 0.15) is 0 Å². The van der Waals surface area contributed by atoms with Crippen LogP contribution in [0, 0.1) is 0 Å². The quantitative estimate of drug-likeness (QED) is 0.126. The van der Waals surface area contributed by atoms with Gasteiger partial charge in [-0.2, -0.15) is 0 Å². The van der Waals surface area contributed by atoms with Gasteiger partial charge in [0.25, 0.3) is 0 Å². The number of carbonyl (C=O) groups is 2. The van der Waals surface area contributed by atoms with E-state index in [0.717, 1.165) is 0 Å². The van der Waals surface area contributed by atoms with Gasteiger partial charge in [-0.15, -0.1) is 0 Å². The summed E-state index contributed by atoms with van der Waals surface area (Å²) in [6.07, 6.45) is 0.564. The lowest BCUT2D eigenvalue weighted by Gasteiger charge is -2.33. The van der Waals surface area contributed by atoms with Crippen LogP contribution in [0.4, 0.5) is 0 Å². The number of rotatable bonds is 13. The van der Waals surface area contributed by atoms with Crippen molar-refractivity contribution in [3.8, 4) is 0 Å². The Balaban J connectivity index is 4.27. The predicted molar refractivity (Wildman–Crippen MR) is 84.8 cm³/mol. The van der Waals surface area contributed by atoms with Crippen LogP contribution in [0.3, 0.4) is 0 Å². The van der Waals surface area contributed by atoms with Crippen molar-refractivity contribution in [1.29, 1.82) is 0 Å². The zero-order chi connectivity index (χ0) is 17.0. The maximum atomic E-state index is 11.9. The molecule has 0 aromatic carbocycles. The second-order valence-corrected chi connectivity index (χ2v) is 5.06. The Morgan fingerprint density at radius 3 is 2.32 bits per heavy atom. The number of hydrogen-bond acceptors (Lipinski definition) is 8. The third-order valence-electron chi connectivity index (χ3n) is 2.71. The smallest absolute Gasteiger partial charge is 0.223 e. The van der Waals surface area contributed by atoms with E-state index in [-0.39, 0.29) is 24.9 Å². The lowest BCUT2D eigenvalue weighted by molar-refractivity contribution is -0.124. The molecule has 0 rings (SSSR count). The van der Waals surface area contributed by atoms with Gasteiger partial charge in [0.05, 0.1) is 6.17 Å². The number of carbonyl (C=O) groups excluding carboxylic acids is 2. The minimum absolute atomic E-state index is 0.130. The molecule has 0 aromatic heterocycles.